The summed E-state index contributed by atoms with van der Waals surface area (Å²) in [6, 6.07) is 15.6. The Balaban J connectivity index is 1.57. The summed E-state index contributed by atoms with van der Waals surface area (Å²) in [5.74, 6) is -3.39. The molecule has 0 spiro atoms. The predicted octanol–water partition coefficient (Wildman–Crippen LogP) is 3.96. The number of nitriles is 1. The second-order valence-corrected chi connectivity index (χ2v) is 10.3. The lowest BCUT2D eigenvalue weighted by Crippen LogP contribution is -2.38. The maximum Gasteiger partial charge on any atom is 0.338 e. The van der Waals surface area contributed by atoms with Crippen molar-refractivity contribution in [3.05, 3.63) is 115 Å². The SMILES string of the molecule is COC(=O)C1C(C)=NC(C)=C(C(=O)OC(C=COc2ccc(-c3cc(C#N)c(=O)[nH]c3C)cc2)NC=O)C1c1cccc([N+](=O)[O-])c1. The highest BCUT2D eigenvalue weighted by Gasteiger charge is 2.43. The third kappa shape index (κ3) is 7.48. The van der Waals surface area contributed by atoms with Crippen LogP contribution in [0.25, 0.3) is 11.1 Å². The van der Waals surface area contributed by atoms with Gasteiger partial charge in [0.1, 0.15) is 23.3 Å². The molecular weight excluding hydrogens is 610 g/mol. The Labute approximate surface area is 268 Å². The van der Waals surface area contributed by atoms with E-state index in [9.17, 15) is 34.6 Å². The van der Waals surface area contributed by atoms with Crippen molar-refractivity contribution >= 4 is 29.7 Å². The quantitative estimate of drug-likeness (QED) is 0.0772. The molecule has 3 atom stereocenters. The first kappa shape index (κ1) is 33.5. The van der Waals surface area contributed by atoms with Crippen molar-refractivity contribution in [2.75, 3.05) is 7.11 Å². The number of nitro groups is 1. The van der Waals surface area contributed by atoms with Crippen molar-refractivity contribution in [1.82, 2.24) is 10.3 Å². The van der Waals surface area contributed by atoms with Gasteiger partial charge >= 0.3 is 11.9 Å². The van der Waals surface area contributed by atoms with Gasteiger partial charge in [0.15, 0.2) is 6.23 Å². The molecular formula is C33H29N5O9. The number of non-ortho nitro benzene ring substituents is 1. The number of nitrogens with zero attached hydrogens (tertiary/aromatic N) is 3. The van der Waals surface area contributed by atoms with Gasteiger partial charge in [-0.3, -0.25) is 29.5 Å². The molecule has 0 aliphatic carbocycles. The molecule has 1 aliphatic heterocycles. The molecule has 1 aromatic heterocycles. The van der Waals surface area contributed by atoms with Crippen molar-refractivity contribution < 1.29 is 33.5 Å². The Kier molecular flexibility index (Phi) is 10.4. The van der Waals surface area contributed by atoms with Crippen molar-refractivity contribution in [3.8, 4) is 22.9 Å². The minimum Gasteiger partial charge on any atom is -0.468 e. The van der Waals surface area contributed by atoms with E-state index in [-0.39, 0.29) is 22.5 Å². The van der Waals surface area contributed by atoms with E-state index in [0.717, 1.165) is 5.56 Å². The Morgan fingerprint density at radius 2 is 1.87 bits per heavy atom. The number of carbonyl (C=O) groups excluding carboxylic acids is 3. The number of methoxy groups -OCH3 is 1. The van der Waals surface area contributed by atoms with Gasteiger partial charge in [-0.15, -0.1) is 0 Å². The van der Waals surface area contributed by atoms with Crippen LogP contribution in [0, 0.1) is 34.3 Å². The second-order valence-electron chi connectivity index (χ2n) is 10.3. The number of hydrogen-bond acceptors (Lipinski definition) is 11. The van der Waals surface area contributed by atoms with E-state index in [1.54, 1.807) is 51.1 Å². The smallest absolute Gasteiger partial charge is 0.338 e. The number of aromatic amines is 1. The first-order chi connectivity index (χ1) is 22.5. The normalized spacial score (nSPS) is 16.4. The Hall–Kier alpha value is -6.36. The Morgan fingerprint density at radius 1 is 1.15 bits per heavy atom. The fourth-order valence-electron chi connectivity index (χ4n) is 5.21. The van der Waals surface area contributed by atoms with Crippen molar-refractivity contribution in [3.63, 3.8) is 0 Å². The number of amides is 1. The molecule has 1 aliphatic rings. The number of benzene rings is 2. The topological polar surface area (TPSA) is 203 Å². The molecule has 2 aromatic carbocycles. The van der Waals surface area contributed by atoms with Crippen LogP contribution in [-0.4, -0.2) is 47.3 Å². The molecule has 2 heterocycles. The molecule has 3 aromatic rings. The van der Waals surface area contributed by atoms with Crippen LogP contribution in [-0.2, 0) is 23.9 Å². The van der Waals surface area contributed by atoms with Crippen LogP contribution in [0.15, 0.2) is 88.0 Å². The summed E-state index contributed by atoms with van der Waals surface area (Å²) >= 11 is 0. The van der Waals surface area contributed by atoms with E-state index in [1.807, 2.05) is 6.07 Å². The zero-order valence-corrected chi connectivity index (χ0v) is 25.7. The van der Waals surface area contributed by atoms with E-state index in [1.165, 1.54) is 43.7 Å². The van der Waals surface area contributed by atoms with Crippen LogP contribution < -0.4 is 15.6 Å². The summed E-state index contributed by atoms with van der Waals surface area (Å²) in [4.78, 5) is 67.7. The summed E-state index contributed by atoms with van der Waals surface area (Å²) in [5, 5.41) is 23.0. The monoisotopic (exact) mass is 639 g/mol. The molecule has 14 heteroatoms. The van der Waals surface area contributed by atoms with Gasteiger partial charge in [-0.1, -0.05) is 24.3 Å². The molecule has 0 bridgehead atoms. The predicted molar refractivity (Wildman–Crippen MR) is 168 cm³/mol. The number of aryl methyl sites for hydroxylation is 1. The highest BCUT2D eigenvalue weighted by Crippen LogP contribution is 2.41. The highest BCUT2D eigenvalue weighted by atomic mass is 16.6. The number of rotatable bonds is 11. The average molecular weight is 640 g/mol. The maximum absolute atomic E-state index is 13.7. The van der Waals surface area contributed by atoms with Crippen molar-refractivity contribution in [1.29, 1.82) is 5.26 Å². The highest BCUT2D eigenvalue weighted by molar-refractivity contribution is 6.07. The maximum atomic E-state index is 13.7. The number of hydrogen-bond donors (Lipinski definition) is 2. The first-order valence-electron chi connectivity index (χ1n) is 14.1. The zero-order chi connectivity index (χ0) is 34.2. The number of esters is 2. The zero-order valence-electron chi connectivity index (χ0n) is 25.7. The molecule has 0 fully saturated rings. The number of nitrogens with one attached hydrogen (secondary N) is 2. The van der Waals surface area contributed by atoms with Gasteiger partial charge < -0.3 is 24.5 Å². The second kappa shape index (κ2) is 14.6. The van der Waals surface area contributed by atoms with Crippen LogP contribution >= 0.6 is 0 Å². The molecule has 2 N–H and O–H groups in total. The van der Waals surface area contributed by atoms with Crippen LogP contribution in [0.1, 0.15) is 36.6 Å². The number of aromatic nitrogens is 1. The molecule has 0 saturated heterocycles. The molecule has 14 nitrogen and oxygen atoms in total. The van der Waals surface area contributed by atoms with Crippen LogP contribution in [0.2, 0.25) is 0 Å². The van der Waals surface area contributed by atoms with Crippen LogP contribution in [0.3, 0.4) is 0 Å². The minimum atomic E-state index is -1.32. The van der Waals surface area contributed by atoms with E-state index in [0.29, 0.717) is 34.7 Å². The van der Waals surface area contributed by atoms with Gasteiger partial charge in [0.05, 0.1) is 23.9 Å². The fourth-order valence-corrected chi connectivity index (χ4v) is 5.21. The molecule has 47 heavy (non-hydrogen) atoms. The van der Waals surface area contributed by atoms with Gasteiger partial charge in [-0.05, 0) is 50.1 Å². The average Bonchev–Trinajstić information content (AvgIpc) is 3.04. The number of nitro benzene ring substituents is 1. The van der Waals surface area contributed by atoms with Gasteiger partial charge in [-0.2, -0.15) is 5.26 Å². The van der Waals surface area contributed by atoms with Gasteiger partial charge in [0.2, 0.25) is 6.41 Å². The standard InChI is InChI=1S/C33H29N5O9/c1-18-26(15-23(16-34)31(40)37-18)21-8-10-25(11-9-21)46-13-12-27(35-17-39)47-33(42)29-20(3)36-19(2)28(32(41)45-4)30(29)22-6-5-7-24(14-22)38(43)44/h5-15,17,27-28,30H,1-4H3,(H,35,39)(H,37,40). The summed E-state index contributed by atoms with van der Waals surface area (Å²) in [6.07, 6.45) is 1.46. The third-order valence-electron chi connectivity index (χ3n) is 7.39. The third-order valence-corrected chi connectivity index (χ3v) is 7.39. The molecule has 3 unspecified atom stereocenters. The van der Waals surface area contributed by atoms with E-state index >= 15 is 0 Å². The number of pyridine rings is 1. The molecule has 240 valence electrons. The van der Waals surface area contributed by atoms with E-state index in [2.05, 4.69) is 15.3 Å². The number of aliphatic imine (C=N–C) groups is 1. The number of carbonyl (C=O) groups is 3. The summed E-state index contributed by atoms with van der Waals surface area (Å²) < 4.78 is 16.2. The van der Waals surface area contributed by atoms with Crippen LogP contribution in [0.4, 0.5) is 5.69 Å². The number of ether oxygens (including phenoxy) is 3. The molecule has 1 amide bonds. The number of H-pyrrole nitrogens is 1. The summed E-state index contributed by atoms with van der Waals surface area (Å²) in [7, 11) is 1.18. The van der Waals surface area contributed by atoms with Gasteiger partial charge in [-0.25, -0.2) is 4.79 Å². The fraction of sp³-hybridized carbons (Fsp3) is 0.212. The van der Waals surface area contributed by atoms with Crippen molar-refractivity contribution in [2.24, 2.45) is 10.9 Å². The Morgan fingerprint density at radius 3 is 2.51 bits per heavy atom. The first-order valence-corrected chi connectivity index (χ1v) is 14.1. The minimum absolute atomic E-state index is 0.0181. The van der Waals surface area contributed by atoms with Crippen LogP contribution in [0.5, 0.6) is 5.75 Å². The van der Waals surface area contributed by atoms with E-state index < -0.39 is 40.5 Å². The van der Waals surface area contributed by atoms with Gasteiger partial charge in [0, 0.05) is 46.8 Å². The summed E-state index contributed by atoms with van der Waals surface area (Å²) in [5.41, 5.74) is 2.03. The summed E-state index contributed by atoms with van der Waals surface area (Å²) in [6.45, 7) is 4.84. The largest absolute Gasteiger partial charge is 0.468 e. The number of allylic oxidation sites excluding steroid dienone is 1. The molecule has 4 rings (SSSR count). The van der Waals surface area contributed by atoms with Gasteiger partial charge in [0.25, 0.3) is 11.2 Å². The lowest BCUT2D eigenvalue weighted by molar-refractivity contribution is -0.384. The lowest BCUT2D eigenvalue weighted by Gasteiger charge is -2.31. The van der Waals surface area contributed by atoms with Crippen molar-refractivity contribution in [2.45, 2.75) is 32.9 Å². The van der Waals surface area contributed by atoms with E-state index in [4.69, 9.17) is 14.2 Å². The Bertz CT molecular complexity index is 1920. The molecule has 0 saturated carbocycles. The lowest BCUT2D eigenvalue weighted by atomic mass is 9.75. The molecule has 0 radical (unpaired) electrons.